The molecular formula is C18H23N5. The zero-order valence-electron chi connectivity index (χ0n) is 13.8. The van der Waals surface area contributed by atoms with E-state index in [1.807, 2.05) is 17.9 Å². The number of rotatable bonds is 4. The Bertz CT molecular complexity index is 816. The maximum atomic E-state index is 4.96. The summed E-state index contributed by atoms with van der Waals surface area (Å²) in [5, 5.41) is 4.29. The molecule has 0 amide bonds. The summed E-state index contributed by atoms with van der Waals surface area (Å²) in [7, 11) is 1.97. The molecule has 23 heavy (non-hydrogen) atoms. The maximum Gasteiger partial charge on any atom is 0.127 e. The van der Waals surface area contributed by atoms with Gasteiger partial charge in [-0.15, -0.1) is 0 Å². The largest absolute Gasteiger partial charge is 0.327 e. The predicted octanol–water partition coefficient (Wildman–Crippen LogP) is 3.13. The highest BCUT2D eigenvalue weighted by atomic mass is 15.3. The molecule has 3 heterocycles. The number of fused-ring (bicyclic) bond motifs is 1. The third kappa shape index (κ3) is 2.55. The standard InChI is InChI=1S/C18H23N5/c1-3-23-16-8-5-4-7-15(16)20-18(23)17-9-6-10-22(17)13-14-11-19-21(2)12-14/h4-5,7-8,11-12,17H,3,6,9-10,13H2,1-2H3/t17-/m0/s1. The van der Waals surface area contributed by atoms with Gasteiger partial charge in [-0.05, 0) is 38.4 Å². The molecule has 1 aromatic carbocycles. The minimum absolute atomic E-state index is 0.405. The van der Waals surface area contributed by atoms with Crippen molar-refractivity contribution in [1.29, 1.82) is 0 Å². The topological polar surface area (TPSA) is 38.9 Å². The van der Waals surface area contributed by atoms with Gasteiger partial charge in [-0.3, -0.25) is 9.58 Å². The Kier molecular flexibility index (Phi) is 3.65. The maximum absolute atomic E-state index is 4.96. The lowest BCUT2D eigenvalue weighted by atomic mass is 10.2. The normalized spacial score (nSPS) is 19.0. The van der Waals surface area contributed by atoms with Gasteiger partial charge in [-0.1, -0.05) is 12.1 Å². The second-order valence-electron chi connectivity index (χ2n) is 6.35. The minimum atomic E-state index is 0.405. The molecule has 4 rings (SSSR count). The molecule has 0 spiro atoms. The van der Waals surface area contributed by atoms with E-state index >= 15 is 0 Å². The lowest BCUT2D eigenvalue weighted by Crippen LogP contribution is -2.25. The van der Waals surface area contributed by atoms with Crippen LogP contribution in [0, 0.1) is 0 Å². The number of nitrogens with zero attached hydrogens (tertiary/aromatic N) is 5. The van der Waals surface area contributed by atoms with Crippen molar-refractivity contribution in [2.45, 2.75) is 38.9 Å². The van der Waals surface area contributed by atoms with Gasteiger partial charge in [0.25, 0.3) is 0 Å². The molecule has 3 aromatic rings. The number of hydrogen-bond donors (Lipinski definition) is 0. The fraction of sp³-hybridized carbons (Fsp3) is 0.444. The minimum Gasteiger partial charge on any atom is -0.327 e. The van der Waals surface area contributed by atoms with Crippen molar-refractivity contribution in [3.63, 3.8) is 0 Å². The van der Waals surface area contributed by atoms with Crippen molar-refractivity contribution in [2.75, 3.05) is 6.54 Å². The van der Waals surface area contributed by atoms with Gasteiger partial charge in [-0.2, -0.15) is 5.10 Å². The zero-order valence-corrected chi connectivity index (χ0v) is 13.8. The molecule has 1 atom stereocenters. The molecule has 0 bridgehead atoms. The molecule has 5 heteroatoms. The number of aromatic nitrogens is 4. The zero-order chi connectivity index (χ0) is 15.8. The Balaban J connectivity index is 1.68. The number of imidazole rings is 1. The van der Waals surface area contributed by atoms with Crippen LogP contribution in [0.4, 0.5) is 0 Å². The molecule has 0 radical (unpaired) electrons. The van der Waals surface area contributed by atoms with E-state index in [0.717, 1.165) is 25.2 Å². The molecule has 0 saturated carbocycles. The van der Waals surface area contributed by atoms with Crippen molar-refractivity contribution in [2.24, 2.45) is 7.05 Å². The number of hydrogen-bond acceptors (Lipinski definition) is 3. The molecule has 0 N–H and O–H groups in total. The molecule has 1 aliphatic heterocycles. The van der Waals surface area contributed by atoms with Crippen molar-refractivity contribution in [1.82, 2.24) is 24.2 Å². The van der Waals surface area contributed by atoms with Crippen LogP contribution in [-0.2, 0) is 20.1 Å². The average molecular weight is 309 g/mol. The van der Waals surface area contributed by atoms with Crippen molar-refractivity contribution >= 4 is 11.0 Å². The fourth-order valence-electron chi connectivity index (χ4n) is 3.78. The Morgan fingerprint density at radius 2 is 2.13 bits per heavy atom. The van der Waals surface area contributed by atoms with Gasteiger partial charge in [0.2, 0.25) is 0 Å². The van der Waals surface area contributed by atoms with E-state index in [-0.39, 0.29) is 0 Å². The predicted molar refractivity (Wildman–Crippen MR) is 91.0 cm³/mol. The van der Waals surface area contributed by atoms with E-state index in [1.165, 1.54) is 29.7 Å². The highest BCUT2D eigenvalue weighted by molar-refractivity contribution is 5.76. The first-order valence-electron chi connectivity index (χ1n) is 8.43. The van der Waals surface area contributed by atoms with Crippen LogP contribution in [0.15, 0.2) is 36.7 Å². The van der Waals surface area contributed by atoms with Gasteiger partial charge >= 0.3 is 0 Å². The molecule has 1 saturated heterocycles. The summed E-state index contributed by atoms with van der Waals surface area (Å²) in [6, 6.07) is 8.87. The SMILES string of the molecule is CCn1c([C@@H]2CCCN2Cc2cnn(C)c2)nc2ccccc21. The third-order valence-corrected chi connectivity index (χ3v) is 4.81. The van der Waals surface area contributed by atoms with Crippen LogP contribution < -0.4 is 0 Å². The molecular weight excluding hydrogens is 286 g/mol. The van der Waals surface area contributed by atoms with Crippen LogP contribution in [0.3, 0.4) is 0 Å². The molecule has 120 valence electrons. The Hall–Kier alpha value is -2.14. The highest BCUT2D eigenvalue weighted by Gasteiger charge is 2.30. The first-order valence-corrected chi connectivity index (χ1v) is 8.43. The van der Waals surface area contributed by atoms with Gasteiger partial charge < -0.3 is 4.57 Å². The van der Waals surface area contributed by atoms with E-state index < -0.39 is 0 Å². The van der Waals surface area contributed by atoms with Crippen LogP contribution >= 0.6 is 0 Å². The molecule has 0 unspecified atom stereocenters. The van der Waals surface area contributed by atoms with Crippen molar-refractivity contribution < 1.29 is 0 Å². The smallest absolute Gasteiger partial charge is 0.127 e. The summed E-state index contributed by atoms with van der Waals surface area (Å²) < 4.78 is 4.25. The summed E-state index contributed by atoms with van der Waals surface area (Å²) in [6.07, 6.45) is 6.50. The number of benzene rings is 1. The monoisotopic (exact) mass is 309 g/mol. The van der Waals surface area contributed by atoms with Gasteiger partial charge in [0.1, 0.15) is 5.82 Å². The second-order valence-corrected chi connectivity index (χ2v) is 6.35. The second kappa shape index (κ2) is 5.81. The summed E-state index contributed by atoms with van der Waals surface area (Å²) in [4.78, 5) is 7.51. The van der Waals surface area contributed by atoms with E-state index in [2.05, 4.69) is 52.0 Å². The van der Waals surface area contributed by atoms with Gasteiger partial charge in [0, 0.05) is 31.9 Å². The van der Waals surface area contributed by atoms with Crippen LogP contribution in [0.25, 0.3) is 11.0 Å². The average Bonchev–Trinajstić information content (AvgIpc) is 3.25. The Morgan fingerprint density at radius 3 is 2.91 bits per heavy atom. The van der Waals surface area contributed by atoms with Crippen LogP contribution in [-0.4, -0.2) is 30.8 Å². The number of aryl methyl sites for hydroxylation is 2. The quantitative estimate of drug-likeness (QED) is 0.743. The van der Waals surface area contributed by atoms with Crippen LogP contribution in [0.5, 0.6) is 0 Å². The Labute approximate surface area is 136 Å². The lowest BCUT2D eigenvalue weighted by molar-refractivity contribution is 0.236. The molecule has 0 aliphatic carbocycles. The van der Waals surface area contributed by atoms with E-state index in [4.69, 9.17) is 4.98 Å². The molecule has 1 aliphatic rings. The molecule has 2 aromatic heterocycles. The van der Waals surface area contributed by atoms with Crippen LogP contribution in [0.1, 0.15) is 37.2 Å². The summed E-state index contributed by atoms with van der Waals surface area (Å²) in [5.41, 5.74) is 3.63. The van der Waals surface area contributed by atoms with E-state index in [9.17, 15) is 0 Å². The summed E-state index contributed by atoms with van der Waals surface area (Å²) in [5.74, 6) is 1.22. The first kappa shape index (κ1) is 14.5. The van der Waals surface area contributed by atoms with Crippen molar-refractivity contribution in [3.8, 4) is 0 Å². The van der Waals surface area contributed by atoms with E-state index in [1.54, 1.807) is 0 Å². The number of likely N-dealkylation sites (tertiary alicyclic amines) is 1. The Morgan fingerprint density at radius 1 is 1.26 bits per heavy atom. The third-order valence-electron chi connectivity index (χ3n) is 4.81. The summed E-state index contributed by atoms with van der Waals surface area (Å²) >= 11 is 0. The van der Waals surface area contributed by atoms with Crippen molar-refractivity contribution in [3.05, 3.63) is 48.0 Å². The van der Waals surface area contributed by atoms with Gasteiger partial charge in [0.05, 0.1) is 23.3 Å². The molecule has 5 nitrogen and oxygen atoms in total. The van der Waals surface area contributed by atoms with Gasteiger partial charge in [0.15, 0.2) is 0 Å². The fourth-order valence-corrected chi connectivity index (χ4v) is 3.78. The highest BCUT2D eigenvalue weighted by Crippen LogP contribution is 2.34. The lowest BCUT2D eigenvalue weighted by Gasteiger charge is -2.24. The first-order chi connectivity index (χ1) is 11.3. The number of para-hydroxylation sites is 2. The molecule has 1 fully saturated rings. The van der Waals surface area contributed by atoms with Gasteiger partial charge in [-0.25, -0.2) is 4.98 Å². The van der Waals surface area contributed by atoms with Crippen LogP contribution in [0.2, 0.25) is 0 Å². The van der Waals surface area contributed by atoms with E-state index in [0.29, 0.717) is 6.04 Å². The summed E-state index contributed by atoms with van der Waals surface area (Å²) in [6.45, 7) is 5.25.